The SMILES string of the molecule is N#Cc1ccc(CN2CCCC(c3nn(-c4ccccc4)cc3C(N)=O)C2)s1. The van der Waals surface area contributed by atoms with Crippen molar-refractivity contribution in [2.24, 2.45) is 5.73 Å². The second kappa shape index (κ2) is 7.97. The van der Waals surface area contributed by atoms with Gasteiger partial charge in [0.25, 0.3) is 5.91 Å². The normalized spacial score (nSPS) is 17.3. The molecule has 1 fully saturated rings. The molecule has 6 nitrogen and oxygen atoms in total. The van der Waals surface area contributed by atoms with Crippen LogP contribution in [0.1, 0.15) is 44.6 Å². The van der Waals surface area contributed by atoms with Crippen LogP contribution in [0.3, 0.4) is 0 Å². The van der Waals surface area contributed by atoms with E-state index < -0.39 is 5.91 Å². The van der Waals surface area contributed by atoms with Gasteiger partial charge in [-0.1, -0.05) is 18.2 Å². The molecule has 0 bridgehead atoms. The number of thiophene rings is 1. The van der Waals surface area contributed by atoms with Gasteiger partial charge < -0.3 is 5.73 Å². The molecule has 1 unspecified atom stereocenters. The van der Waals surface area contributed by atoms with E-state index in [1.165, 1.54) is 16.2 Å². The Hall–Kier alpha value is -2.95. The standard InChI is InChI=1S/C21H21N5OS/c22-11-17-8-9-18(28-17)13-25-10-4-5-15(12-25)20-19(21(23)27)14-26(24-20)16-6-2-1-3-7-16/h1-3,6-9,14-15H,4-5,10,12-13H2,(H2,23,27). The smallest absolute Gasteiger partial charge is 0.252 e. The number of rotatable bonds is 5. The van der Waals surface area contributed by atoms with E-state index in [9.17, 15) is 4.79 Å². The third-order valence-corrected chi connectivity index (χ3v) is 6.05. The summed E-state index contributed by atoms with van der Waals surface area (Å²) in [7, 11) is 0. The highest BCUT2D eigenvalue weighted by Crippen LogP contribution is 2.30. The van der Waals surface area contributed by atoms with Crippen LogP contribution in [0.25, 0.3) is 5.69 Å². The Labute approximate surface area is 167 Å². The Morgan fingerprint density at radius 2 is 2.11 bits per heavy atom. The maximum atomic E-state index is 12.0. The number of piperidine rings is 1. The number of hydrogen-bond acceptors (Lipinski definition) is 5. The van der Waals surface area contributed by atoms with Crippen LogP contribution in [-0.2, 0) is 6.54 Å². The average molecular weight is 392 g/mol. The Morgan fingerprint density at radius 3 is 2.82 bits per heavy atom. The van der Waals surface area contributed by atoms with Gasteiger partial charge in [-0.05, 0) is 43.7 Å². The molecule has 1 saturated heterocycles. The number of carbonyl (C=O) groups excluding carboxylic acids is 1. The molecule has 1 aliphatic heterocycles. The topological polar surface area (TPSA) is 87.9 Å². The van der Waals surface area contributed by atoms with Gasteiger partial charge in [0, 0.05) is 30.1 Å². The number of nitriles is 1. The fourth-order valence-corrected chi connectivity index (χ4v) is 4.60. The molecule has 28 heavy (non-hydrogen) atoms. The van der Waals surface area contributed by atoms with E-state index in [2.05, 4.69) is 11.0 Å². The quantitative estimate of drug-likeness (QED) is 0.723. The van der Waals surface area contributed by atoms with Gasteiger partial charge in [0.2, 0.25) is 0 Å². The minimum atomic E-state index is -0.439. The largest absolute Gasteiger partial charge is 0.365 e. The molecule has 1 aromatic carbocycles. The molecule has 1 aliphatic rings. The van der Waals surface area contributed by atoms with E-state index in [1.54, 1.807) is 10.9 Å². The number of aromatic nitrogens is 2. The molecule has 2 N–H and O–H groups in total. The maximum absolute atomic E-state index is 12.0. The Bertz CT molecular complexity index is 1020. The van der Waals surface area contributed by atoms with Gasteiger partial charge in [-0.15, -0.1) is 11.3 Å². The summed E-state index contributed by atoms with van der Waals surface area (Å²) in [5, 5.41) is 13.8. The van der Waals surface area contributed by atoms with Crippen molar-refractivity contribution in [3.8, 4) is 11.8 Å². The minimum absolute atomic E-state index is 0.164. The number of likely N-dealkylation sites (tertiary alicyclic amines) is 1. The highest BCUT2D eigenvalue weighted by atomic mass is 32.1. The Balaban J connectivity index is 1.56. The predicted molar refractivity (Wildman–Crippen MR) is 108 cm³/mol. The van der Waals surface area contributed by atoms with E-state index in [1.807, 2.05) is 42.5 Å². The Kier molecular flexibility index (Phi) is 5.24. The molecular formula is C21H21N5OS. The monoisotopic (exact) mass is 391 g/mol. The highest BCUT2D eigenvalue weighted by molar-refractivity contribution is 7.12. The predicted octanol–water partition coefficient (Wildman–Crippen LogP) is 3.28. The summed E-state index contributed by atoms with van der Waals surface area (Å²) >= 11 is 1.54. The molecule has 7 heteroatoms. The maximum Gasteiger partial charge on any atom is 0.252 e. The number of para-hydroxylation sites is 1. The van der Waals surface area contributed by atoms with Crippen LogP contribution in [0.5, 0.6) is 0 Å². The number of nitrogens with zero attached hydrogens (tertiary/aromatic N) is 4. The second-order valence-electron chi connectivity index (χ2n) is 7.02. The molecule has 3 aromatic rings. The molecule has 2 aromatic heterocycles. The summed E-state index contributed by atoms with van der Waals surface area (Å²) in [6.45, 7) is 2.64. The van der Waals surface area contributed by atoms with Crippen molar-refractivity contribution >= 4 is 17.2 Å². The lowest BCUT2D eigenvalue weighted by Crippen LogP contribution is -2.34. The number of amides is 1. The van der Waals surface area contributed by atoms with Crippen molar-refractivity contribution in [3.05, 3.63) is 69.7 Å². The van der Waals surface area contributed by atoms with Gasteiger partial charge in [-0.3, -0.25) is 9.69 Å². The molecule has 1 amide bonds. The molecule has 0 aliphatic carbocycles. The molecule has 0 saturated carbocycles. The fourth-order valence-electron chi connectivity index (χ4n) is 3.76. The van der Waals surface area contributed by atoms with Crippen LogP contribution in [0.4, 0.5) is 0 Å². The lowest BCUT2D eigenvalue weighted by molar-refractivity contribution is 0.0997. The van der Waals surface area contributed by atoms with E-state index in [0.717, 1.165) is 48.7 Å². The van der Waals surface area contributed by atoms with Crippen LogP contribution >= 0.6 is 11.3 Å². The summed E-state index contributed by atoms with van der Waals surface area (Å²) in [6, 6.07) is 15.8. The van der Waals surface area contributed by atoms with Crippen molar-refractivity contribution < 1.29 is 4.79 Å². The highest BCUT2D eigenvalue weighted by Gasteiger charge is 2.28. The fraction of sp³-hybridized carbons (Fsp3) is 0.286. The summed E-state index contributed by atoms with van der Waals surface area (Å²) in [4.78, 5) is 16.3. The molecule has 0 spiro atoms. The van der Waals surface area contributed by atoms with Crippen LogP contribution in [0.15, 0.2) is 48.7 Å². The van der Waals surface area contributed by atoms with E-state index in [0.29, 0.717) is 5.56 Å². The summed E-state index contributed by atoms with van der Waals surface area (Å²) in [5.41, 5.74) is 7.84. The van der Waals surface area contributed by atoms with Crippen LogP contribution < -0.4 is 5.73 Å². The van der Waals surface area contributed by atoms with Crippen molar-refractivity contribution in [2.45, 2.75) is 25.3 Å². The number of primary amides is 1. The Morgan fingerprint density at radius 1 is 1.29 bits per heavy atom. The number of carbonyl (C=O) groups is 1. The molecule has 4 rings (SSSR count). The van der Waals surface area contributed by atoms with Crippen LogP contribution in [-0.4, -0.2) is 33.7 Å². The van der Waals surface area contributed by atoms with Gasteiger partial charge in [-0.2, -0.15) is 10.4 Å². The third-order valence-electron chi connectivity index (χ3n) is 5.07. The molecule has 142 valence electrons. The molecule has 3 heterocycles. The van der Waals surface area contributed by atoms with Crippen molar-refractivity contribution in [3.63, 3.8) is 0 Å². The first-order valence-electron chi connectivity index (χ1n) is 9.30. The van der Waals surface area contributed by atoms with Crippen molar-refractivity contribution in [1.29, 1.82) is 5.26 Å². The van der Waals surface area contributed by atoms with E-state index >= 15 is 0 Å². The van der Waals surface area contributed by atoms with Gasteiger partial charge in [0.15, 0.2) is 0 Å². The van der Waals surface area contributed by atoms with Crippen molar-refractivity contribution in [2.75, 3.05) is 13.1 Å². The molecule has 1 atom stereocenters. The van der Waals surface area contributed by atoms with Gasteiger partial charge in [0.1, 0.15) is 10.9 Å². The van der Waals surface area contributed by atoms with Gasteiger partial charge in [-0.25, -0.2) is 4.68 Å². The number of benzene rings is 1. The van der Waals surface area contributed by atoms with Crippen LogP contribution in [0.2, 0.25) is 0 Å². The summed E-state index contributed by atoms with van der Waals surface area (Å²) < 4.78 is 1.74. The number of hydrogen-bond donors (Lipinski definition) is 1. The zero-order chi connectivity index (χ0) is 19.5. The average Bonchev–Trinajstić information content (AvgIpc) is 3.36. The van der Waals surface area contributed by atoms with Gasteiger partial charge >= 0.3 is 0 Å². The number of nitrogens with two attached hydrogens (primary N) is 1. The molecule has 0 radical (unpaired) electrons. The first-order chi connectivity index (χ1) is 13.6. The van der Waals surface area contributed by atoms with Crippen molar-refractivity contribution in [1.82, 2.24) is 14.7 Å². The first kappa shape index (κ1) is 18.4. The van der Waals surface area contributed by atoms with E-state index in [4.69, 9.17) is 16.1 Å². The minimum Gasteiger partial charge on any atom is -0.365 e. The molecular weight excluding hydrogens is 370 g/mol. The van der Waals surface area contributed by atoms with Gasteiger partial charge in [0.05, 0.1) is 16.9 Å². The lowest BCUT2D eigenvalue weighted by Gasteiger charge is -2.31. The lowest BCUT2D eigenvalue weighted by atomic mass is 9.92. The zero-order valence-electron chi connectivity index (χ0n) is 15.4. The zero-order valence-corrected chi connectivity index (χ0v) is 16.2. The summed E-state index contributed by atoms with van der Waals surface area (Å²) in [6.07, 6.45) is 3.76. The third kappa shape index (κ3) is 3.84. The van der Waals surface area contributed by atoms with Crippen LogP contribution in [0, 0.1) is 11.3 Å². The van der Waals surface area contributed by atoms with E-state index in [-0.39, 0.29) is 5.92 Å². The first-order valence-corrected chi connectivity index (χ1v) is 10.1. The second-order valence-corrected chi connectivity index (χ2v) is 8.19. The summed E-state index contributed by atoms with van der Waals surface area (Å²) in [5.74, 6) is -0.275.